The lowest BCUT2D eigenvalue weighted by atomic mass is 10.2. The molecule has 1 aliphatic rings. The molecule has 2 amide bonds. The molecule has 0 spiro atoms. The summed E-state index contributed by atoms with van der Waals surface area (Å²) < 4.78 is 13.2. The predicted octanol–water partition coefficient (Wildman–Crippen LogP) is 1.11. The Balaban J connectivity index is 1.92. The number of nitrogens with zero attached hydrogens (tertiary/aromatic N) is 2. The molecule has 1 aliphatic heterocycles. The van der Waals surface area contributed by atoms with E-state index < -0.39 is 5.82 Å². The number of nitrogens with one attached hydrogen (secondary N) is 1. The molecule has 0 radical (unpaired) electrons. The smallest absolute Gasteiger partial charge is 0.254 e. The van der Waals surface area contributed by atoms with E-state index in [2.05, 4.69) is 5.32 Å². The average Bonchev–Trinajstić information content (AvgIpc) is 2.72. The molecule has 1 aromatic rings. The summed E-state index contributed by atoms with van der Waals surface area (Å²) in [6, 6.07) is 5.76. The monoisotopic (exact) mass is 307 g/mol. The number of benzene rings is 1. The van der Waals surface area contributed by atoms with Gasteiger partial charge in [0.1, 0.15) is 5.82 Å². The van der Waals surface area contributed by atoms with Gasteiger partial charge in [-0.3, -0.25) is 14.5 Å². The standard InChI is InChI=1S/C16H22FN3O2/c1-2-18-15(21)12-19-7-4-8-20(10-9-19)16(22)13-5-3-6-14(17)11-13/h3,5-6,11H,2,4,7-10,12H2,1H3,(H,18,21). The maximum absolute atomic E-state index is 13.2. The molecule has 2 rings (SSSR count). The van der Waals surface area contributed by atoms with Gasteiger partial charge in [0.15, 0.2) is 0 Å². The van der Waals surface area contributed by atoms with Gasteiger partial charge in [0.05, 0.1) is 6.54 Å². The third-order valence-electron chi connectivity index (χ3n) is 3.69. The lowest BCUT2D eigenvalue weighted by Gasteiger charge is -2.21. The van der Waals surface area contributed by atoms with Gasteiger partial charge >= 0.3 is 0 Å². The van der Waals surface area contributed by atoms with Crippen LogP contribution in [0, 0.1) is 5.82 Å². The highest BCUT2D eigenvalue weighted by molar-refractivity contribution is 5.94. The highest BCUT2D eigenvalue weighted by Crippen LogP contribution is 2.10. The van der Waals surface area contributed by atoms with E-state index in [1.807, 2.05) is 11.8 Å². The first-order chi connectivity index (χ1) is 10.6. The molecule has 5 nitrogen and oxygen atoms in total. The van der Waals surface area contributed by atoms with Gasteiger partial charge in [-0.1, -0.05) is 6.07 Å². The fourth-order valence-corrected chi connectivity index (χ4v) is 2.59. The summed E-state index contributed by atoms with van der Waals surface area (Å²) >= 11 is 0. The minimum atomic E-state index is -0.404. The highest BCUT2D eigenvalue weighted by Gasteiger charge is 2.21. The van der Waals surface area contributed by atoms with Crippen LogP contribution in [0.5, 0.6) is 0 Å². The van der Waals surface area contributed by atoms with Gasteiger partial charge in [0, 0.05) is 38.3 Å². The first-order valence-corrected chi connectivity index (χ1v) is 7.64. The van der Waals surface area contributed by atoms with E-state index >= 15 is 0 Å². The molecule has 0 saturated carbocycles. The molecular weight excluding hydrogens is 285 g/mol. The van der Waals surface area contributed by atoms with Gasteiger partial charge in [-0.25, -0.2) is 4.39 Å². The first kappa shape index (κ1) is 16.4. The van der Waals surface area contributed by atoms with Crippen molar-refractivity contribution in [2.75, 3.05) is 39.3 Å². The largest absolute Gasteiger partial charge is 0.355 e. The Bertz CT molecular complexity index is 536. The van der Waals surface area contributed by atoms with Crippen molar-refractivity contribution in [3.63, 3.8) is 0 Å². The van der Waals surface area contributed by atoms with Gasteiger partial charge < -0.3 is 10.2 Å². The summed E-state index contributed by atoms with van der Waals surface area (Å²) in [4.78, 5) is 27.8. The van der Waals surface area contributed by atoms with Crippen molar-refractivity contribution in [2.45, 2.75) is 13.3 Å². The van der Waals surface area contributed by atoms with Gasteiger partial charge in [-0.2, -0.15) is 0 Å². The quantitative estimate of drug-likeness (QED) is 0.906. The summed E-state index contributed by atoms with van der Waals surface area (Å²) in [5.41, 5.74) is 0.372. The molecule has 0 unspecified atom stereocenters. The van der Waals surface area contributed by atoms with Crippen LogP contribution in [0.4, 0.5) is 4.39 Å². The maximum Gasteiger partial charge on any atom is 0.254 e. The van der Waals surface area contributed by atoms with Crippen LogP contribution in [-0.4, -0.2) is 60.9 Å². The molecule has 1 saturated heterocycles. The number of carbonyl (C=O) groups is 2. The second-order valence-electron chi connectivity index (χ2n) is 5.39. The number of carbonyl (C=O) groups excluding carboxylic acids is 2. The van der Waals surface area contributed by atoms with Crippen molar-refractivity contribution in [3.05, 3.63) is 35.6 Å². The van der Waals surface area contributed by atoms with Crippen LogP contribution < -0.4 is 5.32 Å². The topological polar surface area (TPSA) is 52.7 Å². The van der Waals surface area contributed by atoms with E-state index in [0.717, 1.165) is 13.0 Å². The zero-order valence-corrected chi connectivity index (χ0v) is 12.8. The first-order valence-electron chi connectivity index (χ1n) is 7.64. The Morgan fingerprint density at radius 3 is 2.77 bits per heavy atom. The predicted molar refractivity (Wildman–Crippen MR) is 82.0 cm³/mol. The molecule has 0 aromatic heterocycles. The number of amides is 2. The number of halogens is 1. The van der Waals surface area contributed by atoms with Crippen LogP contribution in [0.1, 0.15) is 23.7 Å². The number of rotatable bonds is 4. The molecule has 1 N–H and O–H groups in total. The lowest BCUT2D eigenvalue weighted by molar-refractivity contribution is -0.122. The lowest BCUT2D eigenvalue weighted by Crippen LogP contribution is -2.40. The normalized spacial score (nSPS) is 16.2. The van der Waals surface area contributed by atoms with Crippen LogP contribution in [0.25, 0.3) is 0 Å². The molecule has 1 fully saturated rings. The van der Waals surface area contributed by atoms with Crippen LogP contribution >= 0.6 is 0 Å². The summed E-state index contributed by atoms with van der Waals surface area (Å²) in [5, 5.41) is 2.78. The second-order valence-corrected chi connectivity index (χ2v) is 5.39. The Kier molecular flexibility index (Phi) is 5.89. The van der Waals surface area contributed by atoms with E-state index in [-0.39, 0.29) is 11.8 Å². The van der Waals surface area contributed by atoms with Gasteiger partial charge in [-0.05, 0) is 31.5 Å². The minimum absolute atomic E-state index is 0.00686. The summed E-state index contributed by atoms with van der Waals surface area (Å²) in [6.07, 6.45) is 0.806. The average molecular weight is 307 g/mol. The Morgan fingerprint density at radius 1 is 1.23 bits per heavy atom. The third-order valence-corrected chi connectivity index (χ3v) is 3.69. The summed E-state index contributed by atoms with van der Waals surface area (Å²) in [6.45, 7) is 5.48. The van der Waals surface area contributed by atoms with E-state index in [9.17, 15) is 14.0 Å². The summed E-state index contributed by atoms with van der Waals surface area (Å²) in [5.74, 6) is -0.551. The molecule has 22 heavy (non-hydrogen) atoms. The van der Waals surface area contributed by atoms with Crippen molar-refractivity contribution in [1.82, 2.24) is 15.1 Å². The van der Waals surface area contributed by atoms with E-state index in [0.29, 0.717) is 38.3 Å². The molecule has 6 heteroatoms. The Hall–Kier alpha value is -1.95. The van der Waals surface area contributed by atoms with Gasteiger partial charge in [0.25, 0.3) is 5.91 Å². The number of hydrogen-bond acceptors (Lipinski definition) is 3. The van der Waals surface area contributed by atoms with Gasteiger partial charge in [-0.15, -0.1) is 0 Å². The SMILES string of the molecule is CCNC(=O)CN1CCCN(C(=O)c2cccc(F)c2)CC1. The van der Waals surface area contributed by atoms with Gasteiger partial charge in [0.2, 0.25) is 5.91 Å². The number of hydrogen-bond donors (Lipinski definition) is 1. The van der Waals surface area contributed by atoms with Crippen molar-refractivity contribution in [3.8, 4) is 0 Å². The molecule has 0 atom stereocenters. The molecule has 0 bridgehead atoms. The van der Waals surface area contributed by atoms with Crippen molar-refractivity contribution in [2.24, 2.45) is 0 Å². The van der Waals surface area contributed by atoms with Crippen molar-refractivity contribution in [1.29, 1.82) is 0 Å². The zero-order valence-electron chi connectivity index (χ0n) is 12.8. The fraction of sp³-hybridized carbons (Fsp3) is 0.500. The van der Waals surface area contributed by atoms with Crippen LogP contribution in [0.3, 0.4) is 0 Å². The maximum atomic E-state index is 13.2. The minimum Gasteiger partial charge on any atom is -0.355 e. The van der Waals surface area contributed by atoms with Crippen LogP contribution in [0.15, 0.2) is 24.3 Å². The van der Waals surface area contributed by atoms with E-state index in [1.54, 1.807) is 17.0 Å². The Morgan fingerprint density at radius 2 is 2.05 bits per heavy atom. The fourth-order valence-electron chi connectivity index (χ4n) is 2.59. The molecular formula is C16H22FN3O2. The van der Waals surface area contributed by atoms with Crippen molar-refractivity contribution >= 4 is 11.8 Å². The molecule has 0 aliphatic carbocycles. The molecule has 1 heterocycles. The Labute approximate surface area is 130 Å². The van der Waals surface area contributed by atoms with E-state index in [1.165, 1.54) is 12.1 Å². The second kappa shape index (κ2) is 7.89. The van der Waals surface area contributed by atoms with Crippen LogP contribution in [0.2, 0.25) is 0 Å². The van der Waals surface area contributed by atoms with Crippen LogP contribution in [-0.2, 0) is 4.79 Å². The highest BCUT2D eigenvalue weighted by atomic mass is 19.1. The number of likely N-dealkylation sites (N-methyl/N-ethyl adjacent to an activating group) is 1. The zero-order chi connectivity index (χ0) is 15.9. The molecule has 120 valence electrons. The van der Waals surface area contributed by atoms with E-state index in [4.69, 9.17) is 0 Å². The molecule has 1 aromatic carbocycles. The third kappa shape index (κ3) is 4.53. The summed E-state index contributed by atoms with van der Waals surface area (Å²) in [7, 11) is 0. The van der Waals surface area contributed by atoms with Crippen molar-refractivity contribution < 1.29 is 14.0 Å².